The molecular weight excluding hydrogens is 439 g/mol. The van der Waals surface area contributed by atoms with E-state index >= 15 is 0 Å². The second-order valence-corrected chi connectivity index (χ2v) is 9.30. The lowest BCUT2D eigenvalue weighted by Crippen LogP contribution is -2.53. The number of likely N-dealkylation sites (tertiary alicyclic amines) is 1. The fourth-order valence-corrected chi connectivity index (χ4v) is 4.91. The van der Waals surface area contributed by atoms with Gasteiger partial charge in [-0.2, -0.15) is 0 Å². The SMILES string of the molecule is O=C(CCc1ccc(F)cc1)N1CCC(C(=O)NCCCc2ccccc2)(c2ccccc2)CC1. The van der Waals surface area contributed by atoms with Crippen LogP contribution in [0.4, 0.5) is 4.39 Å². The van der Waals surface area contributed by atoms with Crippen molar-refractivity contribution in [3.63, 3.8) is 0 Å². The van der Waals surface area contributed by atoms with E-state index in [2.05, 4.69) is 17.4 Å². The molecule has 1 saturated heterocycles. The number of amides is 2. The van der Waals surface area contributed by atoms with Gasteiger partial charge in [0.2, 0.25) is 11.8 Å². The summed E-state index contributed by atoms with van der Waals surface area (Å²) in [6.45, 7) is 1.73. The zero-order valence-electron chi connectivity index (χ0n) is 20.1. The molecule has 2 amide bonds. The average molecular weight is 473 g/mol. The van der Waals surface area contributed by atoms with E-state index in [4.69, 9.17) is 0 Å². The summed E-state index contributed by atoms with van der Waals surface area (Å²) < 4.78 is 13.1. The summed E-state index contributed by atoms with van der Waals surface area (Å²) >= 11 is 0. The molecule has 3 aromatic carbocycles. The number of nitrogens with zero attached hydrogens (tertiary/aromatic N) is 1. The van der Waals surface area contributed by atoms with Gasteiger partial charge in [-0.25, -0.2) is 4.39 Å². The highest BCUT2D eigenvalue weighted by atomic mass is 19.1. The van der Waals surface area contributed by atoms with Crippen LogP contribution in [-0.4, -0.2) is 36.3 Å². The topological polar surface area (TPSA) is 49.4 Å². The van der Waals surface area contributed by atoms with Crippen LogP contribution in [0.1, 0.15) is 42.4 Å². The lowest BCUT2D eigenvalue weighted by molar-refractivity contribution is -0.136. The molecule has 0 radical (unpaired) electrons. The van der Waals surface area contributed by atoms with Crippen LogP contribution in [0.3, 0.4) is 0 Å². The Labute approximate surface area is 207 Å². The molecule has 0 bridgehead atoms. The molecule has 1 heterocycles. The van der Waals surface area contributed by atoms with Gasteiger partial charge in [0, 0.05) is 26.1 Å². The number of carbonyl (C=O) groups is 2. The van der Waals surface area contributed by atoms with Crippen LogP contribution in [0.25, 0.3) is 0 Å². The molecule has 0 spiro atoms. The molecule has 4 nitrogen and oxygen atoms in total. The Morgan fingerprint density at radius 2 is 1.40 bits per heavy atom. The summed E-state index contributed by atoms with van der Waals surface area (Å²) in [5.41, 5.74) is 2.61. The van der Waals surface area contributed by atoms with Crippen LogP contribution >= 0.6 is 0 Å². The number of nitrogens with one attached hydrogen (secondary N) is 1. The van der Waals surface area contributed by atoms with Crippen molar-refractivity contribution < 1.29 is 14.0 Å². The molecular formula is C30H33FN2O2. The van der Waals surface area contributed by atoms with Crippen molar-refractivity contribution in [2.24, 2.45) is 0 Å². The zero-order valence-corrected chi connectivity index (χ0v) is 20.1. The molecule has 4 rings (SSSR count). The van der Waals surface area contributed by atoms with Gasteiger partial charge in [-0.05, 0) is 60.9 Å². The van der Waals surface area contributed by atoms with Crippen LogP contribution in [0.2, 0.25) is 0 Å². The van der Waals surface area contributed by atoms with Crippen molar-refractivity contribution in [3.8, 4) is 0 Å². The van der Waals surface area contributed by atoms with E-state index in [1.165, 1.54) is 17.7 Å². The Balaban J connectivity index is 1.34. The maximum atomic E-state index is 13.5. The average Bonchev–Trinajstić information content (AvgIpc) is 2.91. The number of benzene rings is 3. The minimum Gasteiger partial charge on any atom is -0.355 e. The maximum Gasteiger partial charge on any atom is 0.230 e. The van der Waals surface area contributed by atoms with Crippen molar-refractivity contribution in [1.82, 2.24) is 10.2 Å². The predicted octanol–water partition coefficient (Wildman–Crippen LogP) is 5.07. The van der Waals surface area contributed by atoms with Crippen molar-refractivity contribution in [1.29, 1.82) is 0 Å². The smallest absolute Gasteiger partial charge is 0.230 e. The number of aryl methyl sites for hydroxylation is 2. The van der Waals surface area contributed by atoms with E-state index < -0.39 is 5.41 Å². The van der Waals surface area contributed by atoms with Crippen LogP contribution in [-0.2, 0) is 27.8 Å². The molecule has 0 aromatic heterocycles. The molecule has 0 atom stereocenters. The Kier molecular flexibility index (Phi) is 8.30. The summed E-state index contributed by atoms with van der Waals surface area (Å²) in [5.74, 6) is -0.138. The third-order valence-electron chi connectivity index (χ3n) is 7.04. The Bertz CT molecular complexity index is 1090. The van der Waals surface area contributed by atoms with Gasteiger partial charge in [-0.3, -0.25) is 9.59 Å². The third kappa shape index (κ3) is 6.36. The van der Waals surface area contributed by atoms with Crippen molar-refractivity contribution in [2.75, 3.05) is 19.6 Å². The van der Waals surface area contributed by atoms with E-state index in [9.17, 15) is 14.0 Å². The summed E-state index contributed by atoms with van der Waals surface area (Å²) in [6, 6.07) is 26.5. The number of rotatable bonds is 9. The first-order valence-electron chi connectivity index (χ1n) is 12.5. The number of hydrogen-bond acceptors (Lipinski definition) is 2. The standard InChI is InChI=1S/C30H33FN2O2/c31-27-16-13-25(14-17-27)15-18-28(34)33-22-19-30(20-23-33,26-11-5-2-6-12-26)29(35)32-21-7-10-24-8-3-1-4-9-24/h1-6,8-9,11-14,16-17H,7,10,15,18-23H2,(H,32,35). The Morgan fingerprint density at radius 1 is 0.800 bits per heavy atom. The number of hydrogen-bond donors (Lipinski definition) is 1. The van der Waals surface area contributed by atoms with Gasteiger partial charge >= 0.3 is 0 Å². The lowest BCUT2D eigenvalue weighted by Gasteiger charge is -2.41. The van der Waals surface area contributed by atoms with Gasteiger partial charge in [-0.15, -0.1) is 0 Å². The number of piperidine rings is 1. The van der Waals surface area contributed by atoms with Crippen LogP contribution in [0, 0.1) is 5.82 Å². The second-order valence-electron chi connectivity index (χ2n) is 9.30. The first kappa shape index (κ1) is 24.6. The summed E-state index contributed by atoms with van der Waals surface area (Å²) in [4.78, 5) is 28.2. The molecule has 1 fully saturated rings. The lowest BCUT2D eigenvalue weighted by atomic mass is 9.72. The minimum absolute atomic E-state index is 0.0511. The Morgan fingerprint density at radius 3 is 2.06 bits per heavy atom. The van der Waals surface area contributed by atoms with Crippen molar-refractivity contribution in [2.45, 2.75) is 43.9 Å². The van der Waals surface area contributed by atoms with Gasteiger partial charge in [0.1, 0.15) is 5.82 Å². The molecule has 3 aromatic rings. The monoisotopic (exact) mass is 472 g/mol. The molecule has 5 heteroatoms. The predicted molar refractivity (Wildman–Crippen MR) is 136 cm³/mol. The normalized spacial score (nSPS) is 14.9. The zero-order chi connectivity index (χ0) is 24.5. The van der Waals surface area contributed by atoms with E-state index in [0.29, 0.717) is 45.3 Å². The van der Waals surface area contributed by atoms with Gasteiger partial charge in [0.05, 0.1) is 5.41 Å². The van der Waals surface area contributed by atoms with Crippen molar-refractivity contribution >= 4 is 11.8 Å². The van der Waals surface area contributed by atoms with Gasteiger partial charge in [0.25, 0.3) is 0 Å². The number of halogens is 1. The van der Waals surface area contributed by atoms with E-state index in [1.54, 1.807) is 12.1 Å². The van der Waals surface area contributed by atoms with Crippen LogP contribution in [0.15, 0.2) is 84.9 Å². The summed E-state index contributed by atoms with van der Waals surface area (Å²) in [7, 11) is 0. The van der Waals surface area contributed by atoms with Crippen LogP contribution in [0.5, 0.6) is 0 Å². The van der Waals surface area contributed by atoms with Crippen molar-refractivity contribution in [3.05, 3.63) is 107 Å². The fourth-order valence-electron chi connectivity index (χ4n) is 4.91. The molecule has 0 unspecified atom stereocenters. The summed E-state index contributed by atoms with van der Waals surface area (Å²) in [6.07, 6.45) is 3.98. The Hall–Kier alpha value is -3.47. The van der Waals surface area contributed by atoms with Gasteiger partial charge in [-0.1, -0.05) is 72.8 Å². The third-order valence-corrected chi connectivity index (χ3v) is 7.04. The molecule has 182 valence electrons. The fraction of sp³-hybridized carbons (Fsp3) is 0.333. The molecule has 1 aliphatic rings. The van der Waals surface area contributed by atoms with Gasteiger partial charge in [0.15, 0.2) is 0 Å². The van der Waals surface area contributed by atoms with Gasteiger partial charge < -0.3 is 10.2 Å². The first-order valence-corrected chi connectivity index (χ1v) is 12.5. The highest BCUT2D eigenvalue weighted by Gasteiger charge is 2.43. The number of carbonyl (C=O) groups excluding carboxylic acids is 2. The minimum atomic E-state index is -0.623. The highest BCUT2D eigenvalue weighted by molar-refractivity contribution is 5.89. The first-order chi connectivity index (χ1) is 17.1. The quantitative estimate of drug-likeness (QED) is 0.442. The molecule has 1 aliphatic heterocycles. The van der Waals surface area contributed by atoms with E-state index in [1.807, 2.05) is 53.4 Å². The van der Waals surface area contributed by atoms with E-state index in [0.717, 1.165) is 24.0 Å². The molecule has 0 aliphatic carbocycles. The molecule has 1 N–H and O–H groups in total. The summed E-state index contributed by atoms with van der Waals surface area (Å²) in [5, 5.41) is 3.18. The largest absolute Gasteiger partial charge is 0.355 e. The van der Waals surface area contributed by atoms with Crippen LogP contribution < -0.4 is 5.32 Å². The maximum absolute atomic E-state index is 13.5. The second kappa shape index (κ2) is 11.8. The highest BCUT2D eigenvalue weighted by Crippen LogP contribution is 2.36. The molecule has 0 saturated carbocycles. The molecule has 35 heavy (non-hydrogen) atoms. The van der Waals surface area contributed by atoms with E-state index in [-0.39, 0.29) is 17.6 Å².